The lowest BCUT2D eigenvalue weighted by molar-refractivity contribution is -0.134. The van der Waals surface area contributed by atoms with Gasteiger partial charge in [-0.3, -0.25) is 4.79 Å². The number of hydrogen-bond donors (Lipinski definition) is 0. The lowest BCUT2D eigenvalue weighted by Gasteiger charge is -2.43. The number of carbonyl (C=O) groups excluding carboxylic acids is 1. The van der Waals surface area contributed by atoms with Gasteiger partial charge in [-0.05, 0) is 37.0 Å². The highest BCUT2D eigenvalue weighted by Crippen LogP contribution is 2.46. The van der Waals surface area contributed by atoms with E-state index in [4.69, 9.17) is 0 Å². The van der Waals surface area contributed by atoms with Crippen molar-refractivity contribution < 1.29 is 4.79 Å². The Labute approximate surface area is 87.3 Å². The summed E-state index contributed by atoms with van der Waals surface area (Å²) in [6.45, 7) is 6.97. The zero-order valence-electron chi connectivity index (χ0n) is 9.68. The SMILES string of the molecule is CC(C)(C)C1CC2CCCC(C1)C2=O. The van der Waals surface area contributed by atoms with E-state index in [0.717, 1.165) is 5.92 Å². The molecule has 1 heteroatoms. The maximum Gasteiger partial charge on any atom is 0.139 e. The van der Waals surface area contributed by atoms with E-state index in [2.05, 4.69) is 20.8 Å². The van der Waals surface area contributed by atoms with Gasteiger partial charge in [-0.25, -0.2) is 0 Å². The number of fused-ring (bicyclic) bond motifs is 2. The minimum absolute atomic E-state index is 0.397. The Bertz CT molecular complexity index is 220. The molecule has 2 aliphatic carbocycles. The lowest BCUT2D eigenvalue weighted by atomic mass is 9.61. The first kappa shape index (κ1) is 10.2. The monoisotopic (exact) mass is 194 g/mol. The van der Waals surface area contributed by atoms with Gasteiger partial charge in [0.1, 0.15) is 5.78 Å². The predicted molar refractivity (Wildman–Crippen MR) is 58.0 cm³/mol. The van der Waals surface area contributed by atoms with Gasteiger partial charge in [0.05, 0.1) is 0 Å². The molecule has 0 radical (unpaired) electrons. The third kappa shape index (κ3) is 1.74. The quantitative estimate of drug-likeness (QED) is 0.577. The van der Waals surface area contributed by atoms with E-state index in [1.807, 2.05) is 0 Å². The molecule has 0 aromatic carbocycles. The smallest absolute Gasteiger partial charge is 0.139 e. The van der Waals surface area contributed by atoms with Crippen LogP contribution in [0.4, 0.5) is 0 Å². The Kier molecular flexibility index (Phi) is 2.45. The Morgan fingerprint density at radius 1 is 1.07 bits per heavy atom. The Morgan fingerprint density at radius 2 is 1.57 bits per heavy atom. The molecule has 2 unspecified atom stereocenters. The third-order valence-electron chi connectivity index (χ3n) is 4.27. The molecule has 2 rings (SSSR count). The van der Waals surface area contributed by atoms with E-state index in [0.29, 0.717) is 23.0 Å². The lowest BCUT2D eigenvalue weighted by Crippen LogP contribution is -2.40. The Balaban J connectivity index is 2.11. The highest BCUT2D eigenvalue weighted by Gasteiger charge is 2.42. The fraction of sp³-hybridized carbons (Fsp3) is 0.923. The van der Waals surface area contributed by atoms with E-state index < -0.39 is 0 Å². The van der Waals surface area contributed by atoms with E-state index >= 15 is 0 Å². The van der Waals surface area contributed by atoms with Gasteiger partial charge >= 0.3 is 0 Å². The van der Waals surface area contributed by atoms with Crippen LogP contribution >= 0.6 is 0 Å². The number of ketones is 1. The molecule has 80 valence electrons. The first-order valence-corrected chi connectivity index (χ1v) is 6.02. The van der Waals surface area contributed by atoms with Crippen molar-refractivity contribution in [3.63, 3.8) is 0 Å². The van der Waals surface area contributed by atoms with Crippen molar-refractivity contribution in [2.24, 2.45) is 23.2 Å². The molecule has 0 heterocycles. The van der Waals surface area contributed by atoms with Gasteiger partial charge in [-0.2, -0.15) is 0 Å². The Morgan fingerprint density at radius 3 is 2.00 bits per heavy atom. The molecule has 0 aromatic heterocycles. The third-order valence-corrected chi connectivity index (χ3v) is 4.27. The molecule has 14 heavy (non-hydrogen) atoms. The van der Waals surface area contributed by atoms with E-state index in [1.54, 1.807) is 0 Å². The largest absolute Gasteiger partial charge is 0.299 e. The minimum atomic E-state index is 0.397. The molecule has 1 nitrogen and oxygen atoms in total. The first-order valence-electron chi connectivity index (χ1n) is 6.02. The topological polar surface area (TPSA) is 17.1 Å². The highest BCUT2D eigenvalue weighted by atomic mass is 16.1. The maximum atomic E-state index is 11.9. The standard InChI is InChI=1S/C13H22O/c1-13(2,3)11-7-9-5-4-6-10(8-11)12(9)14/h9-11H,4-8H2,1-3H3. The van der Waals surface area contributed by atoms with Gasteiger partial charge < -0.3 is 0 Å². The molecule has 2 aliphatic rings. The normalized spacial score (nSPS) is 38.5. The summed E-state index contributed by atoms with van der Waals surface area (Å²) < 4.78 is 0. The van der Waals surface area contributed by atoms with Gasteiger partial charge in [0.25, 0.3) is 0 Å². The Hall–Kier alpha value is -0.330. The second kappa shape index (κ2) is 3.36. The molecule has 0 saturated heterocycles. The number of rotatable bonds is 0. The fourth-order valence-corrected chi connectivity index (χ4v) is 3.19. The van der Waals surface area contributed by atoms with Crippen LogP contribution in [0.5, 0.6) is 0 Å². The van der Waals surface area contributed by atoms with Gasteiger partial charge in [-0.15, -0.1) is 0 Å². The van der Waals surface area contributed by atoms with Crippen LogP contribution in [0, 0.1) is 23.2 Å². The first-order chi connectivity index (χ1) is 6.48. The van der Waals surface area contributed by atoms with Crippen LogP contribution in [0.2, 0.25) is 0 Å². The summed E-state index contributed by atoms with van der Waals surface area (Å²) in [5.41, 5.74) is 0.397. The molecule has 0 aromatic rings. The molecular weight excluding hydrogens is 172 g/mol. The van der Waals surface area contributed by atoms with Crippen molar-refractivity contribution in [1.82, 2.24) is 0 Å². The van der Waals surface area contributed by atoms with E-state index in [9.17, 15) is 4.79 Å². The predicted octanol–water partition coefficient (Wildman–Crippen LogP) is 3.43. The summed E-state index contributed by atoms with van der Waals surface area (Å²) in [4.78, 5) is 11.9. The van der Waals surface area contributed by atoms with Crippen LogP contribution in [0.25, 0.3) is 0 Å². The maximum absolute atomic E-state index is 11.9. The second-order valence-corrected chi connectivity index (χ2v) is 6.26. The average Bonchev–Trinajstić information content (AvgIpc) is 2.00. The number of Topliss-reactive ketones (excluding diaryl/α,β-unsaturated/α-hetero) is 1. The molecule has 2 saturated carbocycles. The van der Waals surface area contributed by atoms with Crippen LogP contribution in [-0.2, 0) is 4.79 Å². The van der Waals surface area contributed by atoms with Crippen molar-refractivity contribution in [2.45, 2.75) is 52.9 Å². The minimum Gasteiger partial charge on any atom is -0.299 e. The van der Waals surface area contributed by atoms with Crippen molar-refractivity contribution in [3.05, 3.63) is 0 Å². The average molecular weight is 194 g/mol. The molecule has 0 amide bonds. The summed E-state index contributed by atoms with van der Waals surface area (Å²) in [5.74, 6) is 2.21. The van der Waals surface area contributed by atoms with Crippen molar-refractivity contribution in [3.8, 4) is 0 Å². The summed E-state index contributed by atoms with van der Waals surface area (Å²) in [6, 6.07) is 0. The highest BCUT2D eigenvalue weighted by molar-refractivity contribution is 5.84. The van der Waals surface area contributed by atoms with Gasteiger partial charge in [0, 0.05) is 11.8 Å². The molecule has 0 spiro atoms. The number of carbonyl (C=O) groups is 1. The van der Waals surface area contributed by atoms with Crippen LogP contribution in [0.1, 0.15) is 52.9 Å². The molecule has 2 bridgehead atoms. The summed E-state index contributed by atoms with van der Waals surface area (Å²) in [5, 5.41) is 0. The molecular formula is C13H22O. The molecule has 2 fully saturated rings. The number of hydrogen-bond acceptors (Lipinski definition) is 1. The summed E-state index contributed by atoms with van der Waals surface area (Å²) in [6.07, 6.45) is 5.96. The van der Waals surface area contributed by atoms with Crippen LogP contribution in [0.15, 0.2) is 0 Å². The second-order valence-electron chi connectivity index (χ2n) is 6.26. The van der Waals surface area contributed by atoms with Gasteiger partial charge in [0.2, 0.25) is 0 Å². The van der Waals surface area contributed by atoms with Gasteiger partial charge in [0.15, 0.2) is 0 Å². The molecule has 0 N–H and O–H groups in total. The molecule has 2 atom stereocenters. The molecule has 0 aliphatic heterocycles. The summed E-state index contributed by atoms with van der Waals surface area (Å²) >= 11 is 0. The summed E-state index contributed by atoms with van der Waals surface area (Å²) in [7, 11) is 0. The zero-order chi connectivity index (χ0) is 10.3. The zero-order valence-corrected chi connectivity index (χ0v) is 9.68. The van der Waals surface area contributed by atoms with Gasteiger partial charge in [-0.1, -0.05) is 27.2 Å². The van der Waals surface area contributed by atoms with E-state index in [-0.39, 0.29) is 0 Å². The van der Waals surface area contributed by atoms with Crippen molar-refractivity contribution in [2.75, 3.05) is 0 Å². The van der Waals surface area contributed by atoms with E-state index in [1.165, 1.54) is 32.1 Å². The van der Waals surface area contributed by atoms with Crippen LogP contribution < -0.4 is 0 Å². The fourth-order valence-electron chi connectivity index (χ4n) is 3.19. The van der Waals surface area contributed by atoms with Crippen LogP contribution in [-0.4, -0.2) is 5.78 Å². The van der Waals surface area contributed by atoms with Crippen molar-refractivity contribution >= 4 is 5.78 Å². The van der Waals surface area contributed by atoms with Crippen molar-refractivity contribution in [1.29, 1.82) is 0 Å². The van der Waals surface area contributed by atoms with Crippen LogP contribution in [0.3, 0.4) is 0 Å².